The highest BCUT2D eigenvalue weighted by Crippen LogP contribution is 2.49. The standard InChI is InChI=1S/C26H25FN2O3/c1-2-18-14-22(18)20-10-13-24(23(27)15-20)29-25(30)19-8-11-21(12-9-19)28-26(31)32-16-17-6-4-3-5-7-17/h3-13,15,18,22H,2,14,16H2,1H3,(H,28,31)(H,29,30). The highest BCUT2D eigenvalue weighted by Gasteiger charge is 2.36. The molecule has 0 bridgehead atoms. The van der Waals surface area contributed by atoms with Gasteiger partial charge in [0.2, 0.25) is 0 Å². The third kappa shape index (κ3) is 5.32. The first-order chi connectivity index (χ1) is 15.5. The Morgan fingerprint density at radius 3 is 2.41 bits per heavy atom. The molecule has 0 radical (unpaired) electrons. The first-order valence-electron chi connectivity index (χ1n) is 10.7. The highest BCUT2D eigenvalue weighted by atomic mass is 19.1. The van der Waals surface area contributed by atoms with E-state index in [-0.39, 0.29) is 12.3 Å². The normalized spacial score (nSPS) is 16.8. The van der Waals surface area contributed by atoms with Gasteiger partial charge in [0.1, 0.15) is 12.4 Å². The molecule has 1 aliphatic carbocycles. The smallest absolute Gasteiger partial charge is 0.411 e. The van der Waals surface area contributed by atoms with Crippen LogP contribution in [0.2, 0.25) is 0 Å². The van der Waals surface area contributed by atoms with Gasteiger partial charge in [-0.25, -0.2) is 9.18 Å². The molecule has 32 heavy (non-hydrogen) atoms. The van der Waals surface area contributed by atoms with Crippen molar-refractivity contribution in [3.05, 3.63) is 95.3 Å². The van der Waals surface area contributed by atoms with Gasteiger partial charge in [-0.2, -0.15) is 0 Å². The van der Waals surface area contributed by atoms with Crippen LogP contribution in [0, 0.1) is 11.7 Å². The first-order valence-corrected chi connectivity index (χ1v) is 10.7. The number of benzene rings is 3. The number of carbonyl (C=O) groups excluding carboxylic acids is 2. The van der Waals surface area contributed by atoms with E-state index >= 15 is 0 Å². The van der Waals surface area contributed by atoms with Gasteiger partial charge in [-0.05, 0) is 65.8 Å². The fourth-order valence-corrected chi connectivity index (χ4v) is 3.75. The van der Waals surface area contributed by atoms with E-state index in [0.717, 1.165) is 24.0 Å². The fourth-order valence-electron chi connectivity index (χ4n) is 3.75. The molecule has 2 atom stereocenters. The molecule has 1 saturated carbocycles. The van der Waals surface area contributed by atoms with E-state index in [2.05, 4.69) is 17.6 Å². The molecule has 1 aliphatic rings. The van der Waals surface area contributed by atoms with Crippen LogP contribution in [-0.4, -0.2) is 12.0 Å². The summed E-state index contributed by atoms with van der Waals surface area (Å²) < 4.78 is 19.6. The second-order valence-electron chi connectivity index (χ2n) is 7.97. The van der Waals surface area contributed by atoms with Gasteiger partial charge >= 0.3 is 6.09 Å². The zero-order chi connectivity index (χ0) is 22.5. The van der Waals surface area contributed by atoms with Gasteiger partial charge in [-0.1, -0.05) is 49.7 Å². The number of nitrogens with one attached hydrogen (secondary N) is 2. The van der Waals surface area contributed by atoms with Crippen molar-refractivity contribution < 1.29 is 18.7 Å². The van der Waals surface area contributed by atoms with Crippen molar-refractivity contribution >= 4 is 23.4 Å². The van der Waals surface area contributed by atoms with E-state index in [4.69, 9.17) is 4.74 Å². The van der Waals surface area contributed by atoms with Crippen molar-refractivity contribution in [1.82, 2.24) is 0 Å². The lowest BCUT2D eigenvalue weighted by atomic mass is 10.1. The number of halogens is 1. The molecule has 2 amide bonds. The summed E-state index contributed by atoms with van der Waals surface area (Å²) in [6.45, 7) is 2.31. The first kappa shape index (κ1) is 21.6. The van der Waals surface area contributed by atoms with Crippen molar-refractivity contribution in [1.29, 1.82) is 0 Å². The molecule has 5 nitrogen and oxygen atoms in total. The lowest BCUT2D eigenvalue weighted by Gasteiger charge is -2.10. The monoisotopic (exact) mass is 432 g/mol. The fraction of sp³-hybridized carbons (Fsp3) is 0.231. The Hall–Kier alpha value is -3.67. The lowest BCUT2D eigenvalue weighted by Crippen LogP contribution is -2.15. The molecule has 3 aromatic rings. The van der Waals surface area contributed by atoms with E-state index in [0.29, 0.717) is 23.1 Å². The molecular weight excluding hydrogens is 407 g/mol. The minimum absolute atomic E-state index is 0.152. The van der Waals surface area contributed by atoms with Crippen LogP contribution < -0.4 is 10.6 Å². The summed E-state index contributed by atoms with van der Waals surface area (Å²) in [6, 6.07) is 20.7. The Balaban J connectivity index is 1.30. The van der Waals surface area contributed by atoms with Crippen molar-refractivity contribution in [3.63, 3.8) is 0 Å². The van der Waals surface area contributed by atoms with E-state index in [9.17, 15) is 14.0 Å². The summed E-state index contributed by atoms with van der Waals surface area (Å²) in [7, 11) is 0. The lowest BCUT2D eigenvalue weighted by molar-refractivity contribution is 0.102. The minimum atomic E-state index is -0.589. The molecule has 1 fully saturated rings. The highest BCUT2D eigenvalue weighted by molar-refractivity contribution is 6.04. The number of rotatable bonds is 7. The zero-order valence-electron chi connectivity index (χ0n) is 17.8. The van der Waals surface area contributed by atoms with Crippen LogP contribution in [0.4, 0.5) is 20.6 Å². The predicted molar refractivity (Wildman–Crippen MR) is 122 cm³/mol. The maximum absolute atomic E-state index is 14.5. The third-order valence-corrected chi connectivity index (χ3v) is 5.72. The maximum atomic E-state index is 14.5. The second-order valence-corrected chi connectivity index (χ2v) is 7.97. The van der Waals surface area contributed by atoms with Gasteiger partial charge in [0, 0.05) is 11.3 Å². The van der Waals surface area contributed by atoms with Crippen LogP contribution in [0.3, 0.4) is 0 Å². The van der Waals surface area contributed by atoms with Gasteiger partial charge in [-0.3, -0.25) is 10.1 Å². The molecular formula is C26H25FN2O3. The van der Waals surface area contributed by atoms with Gasteiger partial charge in [-0.15, -0.1) is 0 Å². The van der Waals surface area contributed by atoms with Crippen LogP contribution in [0.25, 0.3) is 0 Å². The number of hydrogen-bond acceptors (Lipinski definition) is 3. The summed E-state index contributed by atoms with van der Waals surface area (Å²) in [5.41, 5.74) is 2.87. The van der Waals surface area contributed by atoms with Crippen LogP contribution >= 0.6 is 0 Å². The second kappa shape index (κ2) is 9.64. The Morgan fingerprint density at radius 2 is 1.75 bits per heavy atom. The summed E-state index contributed by atoms with van der Waals surface area (Å²) in [4.78, 5) is 24.4. The van der Waals surface area contributed by atoms with Crippen LogP contribution in [0.15, 0.2) is 72.8 Å². The van der Waals surface area contributed by atoms with Crippen molar-refractivity contribution in [2.24, 2.45) is 5.92 Å². The Kier molecular flexibility index (Phi) is 6.50. The van der Waals surface area contributed by atoms with E-state index in [1.807, 2.05) is 36.4 Å². The average molecular weight is 432 g/mol. The molecule has 2 N–H and O–H groups in total. The van der Waals surface area contributed by atoms with Gasteiger partial charge in [0.05, 0.1) is 5.69 Å². The predicted octanol–water partition coefficient (Wildman–Crippen LogP) is 6.34. The molecule has 0 aromatic heterocycles. The zero-order valence-corrected chi connectivity index (χ0v) is 17.8. The van der Waals surface area contributed by atoms with Crippen molar-refractivity contribution in [3.8, 4) is 0 Å². The summed E-state index contributed by atoms with van der Waals surface area (Å²) in [5.74, 6) is 0.209. The molecule has 0 heterocycles. The molecule has 3 aromatic carbocycles. The topological polar surface area (TPSA) is 67.4 Å². The number of hydrogen-bond donors (Lipinski definition) is 2. The molecule has 0 spiro atoms. The summed E-state index contributed by atoms with van der Waals surface area (Å²) in [6.07, 6.45) is 1.61. The largest absolute Gasteiger partial charge is 0.444 e. The Morgan fingerprint density at radius 1 is 1.00 bits per heavy atom. The van der Waals surface area contributed by atoms with Crippen molar-refractivity contribution in [2.75, 3.05) is 10.6 Å². The van der Waals surface area contributed by atoms with Crippen molar-refractivity contribution in [2.45, 2.75) is 32.3 Å². The van der Waals surface area contributed by atoms with Gasteiger partial charge in [0.25, 0.3) is 5.91 Å². The number of ether oxygens (including phenoxy) is 1. The van der Waals surface area contributed by atoms with E-state index < -0.39 is 17.8 Å². The third-order valence-electron chi connectivity index (χ3n) is 5.72. The molecule has 6 heteroatoms. The van der Waals surface area contributed by atoms with E-state index in [1.54, 1.807) is 30.3 Å². The minimum Gasteiger partial charge on any atom is -0.444 e. The molecule has 4 rings (SSSR count). The maximum Gasteiger partial charge on any atom is 0.411 e. The van der Waals surface area contributed by atoms with Gasteiger partial charge < -0.3 is 10.1 Å². The quantitative estimate of drug-likeness (QED) is 0.458. The number of carbonyl (C=O) groups is 2. The van der Waals surface area contributed by atoms with Crippen LogP contribution in [0.5, 0.6) is 0 Å². The summed E-state index contributed by atoms with van der Waals surface area (Å²) >= 11 is 0. The number of anilines is 2. The molecule has 0 saturated heterocycles. The molecule has 164 valence electrons. The van der Waals surface area contributed by atoms with Gasteiger partial charge in [0.15, 0.2) is 0 Å². The SMILES string of the molecule is CCC1CC1c1ccc(NC(=O)c2ccc(NC(=O)OCc3ccccc3)cc2)c(F)c1. The number of amides is 2. The average Bonchev–Trinajstić information content (AvgIpc) is 3.60. The van der Waals surface area contributed by atoms with E-state index in [1.165, 1.54) is 6.07 Å². The molecule has 0 aliphatic heterocycles. The Bertz CT molecular complexity index is 1100. The summed E-state index contributed by atoms with van der Waals surface area (Å²) in [5, 5.41) is 5.23. The molecule has 2 unspecified atom stereocenters. The Labute approximate surface area is 186 Å². The van der Waals surface area contributed by atoms with Crippen LogP contribution in [-0.2, 0) is 11.3 Å². The van der Waals surface area contributed by atoms with Crippen LogP contribution in [0.1, 0.15) is 47.2 Å².